The minimum Gasteiger partial charge on any atom is -0.496 e. The Morgan fingerprint density at radius 3 is 2.43 bits per heavy atom. The van der Waals surface area contributed by atoms with E-state index in [1.54, 1.807) is 31.4 Å². The van der Waals surface area contributed by atoms with Crippen molar-refractivity contribution in [3.05, 3.63) is 57.8 Å². The van der Waals surface area contributed by atoms with Crippen molar-refractivity contribution in [2.24, 2.45) is 5.84 Å². The summed E-state index contributed by atoms with van der Waals surface area (Å²) >= 11 is 3.38. The molecule has 1 atom stereocenters. The molecule has 4 nitrogen and oxygen atoms in total. The molecule has 0 aliphatic rings. The fourth-order valence-corrected chi connectivity index (χ4v) is 2.52. The third kappa shape index (κ3) is 3.18. The summed E-state index contributed by atoms with van der Waals surface area (Å²) in [6, 6.07) is 9.86. The SMILES string of the molecule is COc1cc(Br)ccc1C(NN)c1cccc(OC)c1F. The van der Waals surface area contributed by atoms with E-state index in [0.29, 0.717) is 11.3 Å². The van der Waals surface area contributed by atoms with Crippen molar-refractivity contribution < 1.29 is 13.9 Å². The number of hydrogen-bond acceptors (Lipinski definition) is 4. The van der Waals surface area contributed by atoms with Crippen molar-refractivity contribution in [3.8, 4) is 11.5 Å². The maximum absolute atomic E-state index is 14.4. The fourth-order valence-electron chi connectivity index (χ4n) is 2.18. The number of hydrazine groups is 1. The lowest BCUT2D eigenvalue weighted by atomic mass is 9.97. The summed E-state index contributed by atoms with van der Waals surface area (Å²) in [5.41, 5.74) is 3.75. The molecule has 1 unspecified atom stereocenters. The van der Waals surface area contributed by atoms with Gasteiger partial charge in [-0.3, -0.25) is 5.84 Å². The van der Waals surface area contributed by atoms with Crippen LogP contribution in [-0.4, -0.2) is 14.2 Å². The first kappa shape index (κ1) is 15.8. The second kappa shape index (κ2) is 6.89. The van der Waals surface area contributed by atoms with Gasteiger partial charge >= 0.3 is 0 Å². The normalized spacial score (nSPS) is 12.0. The molecule has 2 rings (SSSR count). The van der Waals surface area contributed by atoms with Crippen molar-refractivity contribution in [1.29, 1.82) is 0 Å². The molecule has 0 heterocycles. The van der Waals surface area contributed by atoms with Gasteiger partial charge in [-0.1, -0.05) is 34.1 Å². The van der Waals surface area contributed by atoms with Crippen LogP contribution >= 0.6 is 15.9 Å². The van der Waals surface area contributed by atoms with Gasteiger partial charge in [0.25, 0.3) is 0 Å². The molecule has 0 saturated carbocycles. The van der Waals surface area contributed by atoms with E-state index in [1.165, 1.54) is 7.11 Å². The average Bonchev–Trinajstić information content (AvgIpc) is 2.50. The minimum absolute atomic E-state index is 0.170. The van der Waals surface area contributed by atoms with E-state index in [2.05, 4.69) is 21.4 Å². The van der Waals surface area contributed by atoms with Gasteiger partial charge in [0.2, 0.25) is 0 Å². The minimum atomic E-state index is -0.553. The molecule has 112 valence electrons. The summed E-state index contributed by atoms with van der Waals surface area (Å²) in [5.74, 6) is 5.96. The Morgan fingerprint density at radius 2 is 1.81 bits per heavy atom. The lowest BCUT2D eigenvalue weighted by Gasteiger charge is -2.21. The summed E-state index contributed by atoms with van der Waals surface area (Å²) in [5, 5.41) is 0. The van der Waals surface area contributed by atoms with Crippen LogP contribution in [0.5, 0.6) is 11.5 Å². The first-order valence-electron chi connectivity index (χ1n) is 6.24. The Balaban J connectivity index is 2.55. The second-order valence-corrected chi connectivity index (χ2v) is 5.27. The van der Waals surface area contributed by atoms with Crippen LogP contribution in [0.15, 0.2) is 40.9 Å². The van der Waals surface area contributed by atoms with Crippen LogP contribution in [0.1, 0.15) is 17.2 Å². The van der Waals surface area contributed by atoms with E-state index in [1.807, 2.05) is 12.1 Å². The molecule has 2 aromatic carbocycles. The van der Waals surface area contributed by atoms with Crippen LogP contribution in [-0.2, 0) is 0 Å². The van der Waals surface area contributed by atoms with Crippen molar-refractivity contribution in [2.75, 3.05) is 14.2 Å². The van der Waals surface area contributed by atoms with E-state index >= 15 is 0 Å². The summed E-state index contributed by atoms with van der Waals surface area (Å²) in [6.45, 7) is 0. The Hall–Kier alpha value is -1.63. The van der Waals surface area contributed by atoms with Crippen LogP contribution in [0.4, 0.5) is 4.39 Å². The monoisotopic (exact) mass is 354 g/mol. The van der Waals surface area contributed by atoms with Gasteiger partial charge in [0.05, 0.1) is 20.3 Å². The third-order valence-corrected chi connectivity index (χ3v) is 3.69. The third-order valence-electron chi connectivity index (χ3n) is 3.20. The molecule has 0 fully saturated rings. The van der Waals surface area contributed by atoms with Gasteiger partial charge in [-0.25, -0.2) is 9.82 Å². The van der Waals surface area contributed by atoms with E-state index in [9.17, 15) is 4.39 Å². The van der Waals surface area contributed by atoms with Gasteiger partial charge in [-0.15, -0.1) is 0 Å². The number of halogens is 2. The van der Waals surface area contributed by atoms with Gasteiger partial charge in [-0.2, -0.15) is 0 Å². The van der Waals surface area contributed by atoms with Crippen molar-refractivity contribution in [2.45, 2.75) is 6.04 Å². The number of hydrogen-bond donors (Lipinski definition) is 2. The molecule has 0 spiro atoms. The molecule has 21 heavy (non-hydrogen) atoms. The maximum Gasteiger partial charge on any atom is 0.170 e. The molecule has 0 saturated heterocycles. The molecule has 0 aromatic heterocycles. The molecule has 0 aliphatic heterocycles. The van der Waals surface area contributed by atoms with Gasteiger partial charge in [-0.05, 0) is 18.2 Å². The maximum atomic E-state index is 14.4. The number of nitrogens with two attached hydrogens (primary N) is 1. The highest BCUT2D eigenvalue weighted by molar-refractivity contribution is 9.10. The molecule has 6 heteroatoms. The second-order valence-electron chi connectivity index (χ2n) is 4.35. The van der Waals surface area contributed by atoms with Gasteiger partial charge < -0.3 is 9.47 Å². The summed E-state index contributed by atoms with van der Waals surface area (Å²) in [6.07, 6.45) is 0. The molecular weight excluding hydrogens is 339 g/mol. The molecule has 3 N–H and O–H groups in total. The van der Waals surface area contributed by atoms with Gasteiger partial charge in [0, 0.05) is 15.6 Å². The standard InChI is InChI=1S/C15H16BrFN2O2/c1-20-12-5-3-4-11(14(12)17)15(19-18)10-7-6-9(16)8-13(10)21-2/h3-8,15,19H,18H2,1-2H3. The predicted molar refractivity (Wildman–Crippen MR) is 82.8 cm³/mol. The van der Waals surface area contributed by atoms with Crippen LogP contribution < -0.4 is 20.7 Å². The molecule has 0 radical (unpaired) electrons. The highest BCUT2D eigenvalue weighted by Gasteiger charge is 2.22. The highest BCUT2D eigenvalue weighted by atomic mass is 79.9. The Kier molecular flexibility index (Phi) is 5.17. The number of nitrogens with one attached hydrogen (secondary N) is 1. The highest BCUT2D eigenvalue weighted by Crippen LogP contribution is 2.34. The number of ether oxygens (including phenoxy) is 2. The van der Waals surface area contributed by atoms with Crippen LogP contribution in [0.2, 0.25) is 0 Å². The zero-order valence-electron chi connectivity index (χ0n) is 11.7. The predicted octanol–water partition coefficient (Wildman–Crippen LogP) is 3.16. The zero-order chi connectivity index (χ0) is 15.4. The van der Waals surface area contributed by atoms with E-state index in [4.69, 9.17) is 15.3 Å². The first-order chi connectivity index (χ1) is 10.1. The quantitative estimate of drug-likeness (QED) is 0.639. The molecular formula is C15H16BrFN2O2. The number of benzene rings is 2. The average molecular weight is 355 g/mol. The molecule has 0 amide bonds. The number of methoxy groups -OCH3 is 2. The number of rotatable bonds is 5. The van der Waals surface area contributed by atoms with E-state index in [-0.39, 0.29) is 5.75 Å². The first-order valence-corrected chi connectivity index (χ1v) is 7.03. The Bertz CT molecular complexity index is 637. The fraction of sp³-hybridized carbons (Fsp3) is 0.200. The van der Waals surface area contributed by atoms with E-state index < -0.39 is 11.9 Å². The smallest absolute Gasteiger partial charge is 0.170 e. The topological polar surface area (TPSA) is 56.5 Å². The lowest BCUT2D eigenvalue weighted by molar-refractivity contribution is 0.379. The summed E-state index contributed by atoms with van der Waals surface area (Å²) in [4.78, 5) is 0. The van der Waals surface area contributed by atoms with E-state index in [0.717, 1.165) is 10.0 Å². The zero-order valence-corrected chi connectivity index (χ0v) is 13.3. The van der Waals surface area contributed by atoms with Crippen molar-refractivity contribution >= 4 is 15.9 Å². The Labute approximate surface area is 131 Å². The van der Waals surface area contributed by atoms with Gasteiger partial charge in [0.1, 0.15) is 5.75 Å². The van der Waals surface area contributed by atoms with Crippen molar-refractivity contribution in [3.63, 3.8) is 0 Å². The van der Waals surface area contributed by atoms with Gasteiger partial charge in [0.15, 0.2) is 11.6 Å². The lowest BCUT2D eigenvalue weighted by Crippen LogP contribution is -2.30. The summed E-state index contributed by atoms with van der Waals surface area (Å²) < 4.78 is 25.7. The molecule has 2 aromatic rings. The van der Waals surface area contributed by atoms with Crippen molar-refractivity contribution in [1.82, 2.24) is 5.43 Å². The molecule has 0 aliphatic carbocycles. The molecule has 0 bridgehead atoms. The largest absolute Gasteiger partial charge is 0.496 e. The van der Waals surface area contributed by atoms with Crippen LogP contribution in [0.25, 0.3) is 0 Å². The Morgan fingerprint density at radius 1 is 1.10 bits per heavy atom. The van der Waals surface area contributed by atoms with Crippen LogP contribution in [0.3, 0.4) is 0 Å². The summed E-state index contributed by atoms with van der Waals surface area (Å²) in [7, 11) is 2.98. The van der Waals surface area contributed by atoms with Crippen LogP contribution in [0, 0.1) is 5.82 Å².